The number of fused-ring (bicyclic) bond motifs is 1. The molecule has 0 spiro atoms. The van der Waals surface area contributed by atoms with Gasteiger partial charge in [-0.2, -0.15) is 4.80 Å². The lowest BCUT2D eigenvalue weighted by Crippen LogP contribution is -2.10. The molecule has 0 amide bonds. The lowest BCUT2D eigenvalue weighted by atomic mass is 10.1. The highest BCUT2D eigenvalue weighted by atomic mass is 32.2. The topological polar surface area (TPSA) is 113 Å². The first-order valence-corrected chi connectivity index (χ1v) is 7.77. The average molecular weight is 333 g/mol. The van der Waals surface area contributed by atoms with Crippen LogP contribution < -0.4 is 4.74 Å². The van der Waals surface area contributed by atoms with Crippen LogP contribution in [0.2, 0.25) is 0 Å². The lowest BCUT2D eigenvalue weighted by molar-refractivity contribution is -0.383. The minimum atomic E-state index is -1.64. The van der Waals surface area contributed by atoms with E-state index in [0.29, 0.717) is 16.5 Å². The molecule has 1 atom stereocenters. The average Bonchev–Trinajstić information content (AvgIpc) is 3.05. The molecule has 0 bridgehead atoms. The SMILES string of the molecule is COc1c(S(=O)Cn2ncnn2)cc([N+](=O)[O-])c2ccccc12. The fourth-order valence-corrected chi connectivity index (χ4v) is 3.37. The van der Waals surface area contributed by atoms with Crippen molar-refractivity contribution in [2.24, 2.45) is 0 Å². The molecule has 0 aliphatic carbocycles. The van der Waals surface area contributed by atoms with Crippen molar-refractivity contribution in [1.82, 2.24) is 20.2 Å². The summed E-state index contributed by atoms with van der Waals surface area (Å²) in [6, 6.07) is 8.02. The van der Waals surface area contributed by atoms with Crippen molar-refractivity contribution in [3.05, 3.63) is 46.8 Å². The fourth-order valence-electron chi connectivity index (χ4n) is 2.26. The second-order valence-electron chi connectivity index (χ2n) is 4.51. The predicted octanol–water partition coefficient (Wildman–Crippen LogP) is 1.51. The van der Waals surface area contributed by atoms with Gasteiger partial charge in [0, 0.05) is 11.5 Å². The molecule has 10 heteroatoms. The first-order valence-electron chi connectivity index (χ1n) is 6.45. The number of nitrogens with zero attached hydrogens (tertiary/aromatic N) is 5. The third kappa shape index (κ3) is 2.75. The van der Waals surface area contributed by atoms with E-state index < -0.39 is 15.7 Å². The summed E-state index contributed by atoms with van der Waals surface area (Å²) in [5.41, 5.74) is -0.128. The number of nitro benzene ring substituents is 1. The first-order chi connectivity index (χ1) is 11.1. The Balaban J connectivity index is 2.19. The Hall–Kier alpha value is -2.88. The molecule has 2 aromatic carbocycles. The molecule has 0 N–H and O–H groups in total. The van der Waals surface area contributed by atoms with Crippen LogP contribution in [0.1, 0.15) is 0 Å². The van der Waals surface area contributed by atoms with Crippen molar-refractivity contribution in [2.75, 3.05) is 7.11 Å². The van der Waals surface area contributed by atoms with Gasteiger partial charge in [-0.15, -0.1) is 10.2 Å². The number of ether oxygens (including phenoxy) is 1. The largest absolute Gasteiger partial charge is 0.495 e. The van der Waals surface area contributed by atoms with Gasteiger partial charge in [0.05, 0.1) is 33.1 Å². The van der Waals surface area contributed by atoms with E-state index in [1.54, 1.807) is 24.3 Å². The number of methoxy groups -OCH3 is 1. The van der Waals surface area contributed by atoms with Crippen LogP contribution >= 0.6 is 0 Å². The van der Waals surface area contributed by atoms with Crippen LogP contribution in [-0.4, -0.2) is 36.4 Å². The summed E-state index contributed by atoms with van der Waals surface area (Å²) >= 11 is 0. The van der Waals surface area contributed by atoms with Gasteiger partial charge in [-0.05, 0) is 11.3 Å². The van der Waals surface area contributed by atoms with Crippen LogP contribution in [-0.2, 0) is 16.7 Å². The number of rotatable bonds is 5. The van der Waals surface area contributed by atoms with Gasteiger partial charge in [0.25, 0.3) is 5.69 Å². The molecule has 23 heavy (non-hydrogen) atoms. The standard InChI is InChI=1S/C13H11N5O4S/c1-22-13-10-5-3-2-4-9(10)11(18(19)20)6-12(13)23(21)8-17-15-7-14-16-17/h2-7H,8H2,1H3. The van der Waals surface area contributed by atoms with Crippen molar-refractivity contribution >= 4 is 27.3 Å². The highest BCUT2D eigenvalue weighted by Crippen LogP contribution is 2.38. The second-order valence-corrected chi connectivity index (χ2v) is 5.90. The van der Waals surface area contributed by atoms with Gasteiger partial charge in [-0.25, -0.2) is 0 Å². The van der Waals surface area contributed by atoms with Gasteiger partial charge in [-0.1, -0.05) is 18.2 Å². The summed E-state index contributed by atoms with van der Waals surface area (Å²) in [4.78, 5) is 12.2. The van der Waals surface area contributed by atoms with Crippen LogP contribution in [0.4, 0.5) is 5.69 Å². The highest BCUT2D eigenvalue weighted by molar-refractivity contribution is 7.84. The zero-order valence-electron chi connectivity index (χ0n) is 11.9. The number of hydrogen-bond donors (Lipinski definition) is 0. The summed E-state index contributed by atoms with van der Waals surface area (Å²) in [6.07, 6.45) is 1.22. The zero-order chi connectivity index (χ0) is 16.4. The fraction of sp³-hybridized carbons (Fsp3) is 0.154. The minimum Gasteiger partial charge on any atom is -0.495 e. The van der Waals surface area contributed by atoms with E-state index in [1.165, 1.54) is 19.5 Å². The molecule has 0 saturated carbocycles. The van der Waals surface area contributed by atoms with E-state index in [9.17, 15) is 14.3 Å². The molecule has 3 aromatic rings. The molecule has 118 valence electrons. The minimum absolute atomic E-state index is 0.0775. The number of aromatic nitrogens is 4. The number of tetrazole rings is 1. The molecule has 0 aliphatic rings. The van der Waals surface area contributed by atoms with Crippen LogP contribution in [0, 0.1) is 10.1 Å². The normalized spacial score (nSPS) is 12.2. The molecule has 1 unspecified atom stereocenters. The number of non-ortho nitro benzene ring substituents is 1. The summed E-state index contributed by atoms with van der Waals surface area (Å²) in [5, 5.41) is 23.2. The quantitative estimate of drug-likeness (QED) is 0.513. The van der Waals surface area contributed by atoms with E-state index in [4.69, 9.17) is 4.74 Å². The Kier molecular flexibility index (Phi) is 3.98. The maximum atomic E-state index is 12.6. The van der Waals surface area contributed by atoms with E-state index in [1.807, 2.05) is 0 Å². The van der Waals surface area contributed by atoms with Crippen molar-refractivity contribution in [3.8, 4) is 5.75 Å². The Morgan fingerprint density at radius 1 is 1.35 bits per heavy atom. The highest BCUT2D eigenvalue weighted by Gasteiger charge is 2.23. The monoisotopic (exact) mass is 333 g/mol. The van der Waals surface area contributed by atoms with Gasteiger partial charge in [-0.3, -0.25) is 14.3 Å². The molecule has 1 heterocycles. The first kappa shape index (κ1) is 15.0. The summed E-state index contributed by atoms with van der Waals surface area (Å²) < 4.78 is 17.9. The summed E-state index contributed by atoms with van der Waals surface area (Å²) in [6.45, 7) is 0. The lowest BCUT2D eigenvalue weighted by Gasteiger charge is -2.11. The van der Waals surface area contributed by atoms with Crippen LogP contribution in [0.5, 0.6) is 5.75 Å². The van der Waals surface area contributed by atoms with Crippen LogP contribution in [0.3, 0.4) is 0 Å². The Labute approximate surface area is 132 Å². The second kappa shape index (κ2) is 6.08. The van der Waals surface area contributed by atoms with Gasteiger partial charge >= 0.3 is 0 Å². The molecule has 0 aliphatic heterocycles. The van der Waals surface area contributed by atoms with Crippen molar-refractivity contribution in [3.63, 3.8) is 0 Å². The summed E-state index contributed by atoms with van der Waals surface area (Å²) in [5.74, 6) is 0.260. The predicted molar refractivity (Wildman–Crippen MR) is 81.4 cm³/mol. The van der Waals surface area contributed by atoms with Gasteiger partial charge in [0.1, 0.15) is 11.6 Å². The number of benzene rings is 2. The molecule has 3 rings (SSSR count). The van der Waals surface area contributed by atoms with Gasteiger partial charge in [0.2, 0.25) is 0 Å². The van der Waals surface area contributed by atoms with Crippen molar-refractivity contribution in [2.45, 2.75) is 10.8 Å². The Morgan fingerprint density at radius 3 is 2.70 bits per heavy atom. The molecular weight excluding hydrogens is 322 g/mol. The maximum Gasteiger partial charge on any atom is 0.278 e. The Bertz CT molecular complexity index is 897. The summed E-state index contributed by atoms with van der Waals surface area (Å²) in [7, 11) is -0.206. The van der Waals surface area contributed by atoms with Crippen LogP contribution in [0.25, 0.3) is 10.8 Å². The van der Waals surface area contributed by atoms with E-state index in [2.05, 4.69) is 15.4 Å². The Morgan fingerprint density at radius 2 is 2.09 bits per heavy atom. The maximum absolute atomic E-state index is 12.6. The third-order valence-corrected chi connectivity index (χ3v) is 4.47. The molecule has 9 nitrogen and oxygen atoms in total. The van der Waals surface area contributed by atoms with Crippen LogP contribution in [0.15, 0.2) is 41.6 Å². The zero-order valence-corrected chi connectivity index (χ0v) is 12.8. The molecule has 1 aromatic heterocycles. The smallest absolute Gasteiger partial charge is 0.278 e. The number of hydrogen-bond acceptors (Lipinski definition) is 7. The molecular formula is C13H11N5O4S. The van der Waals surface area contributed by atoms with Crippen molar-refractivity contribution < 1.29 is 13.9 Å². The molecule has 0 saturated heterocycles. The van der Waals surface area contributed by atoms with E-state index in [-0.39, 0.29) is 16.5 Å². The molecule has 0 fully saturated rings. The van der Waals surface area contributed by atoms with E-state index in [0.717, 1.165) is 4.80 Å². The van der Waals surface area contributed by atoms with Gasteiger partial charge < -0.3 is 4.74 Å². The third-order valence-electron chi connectivity index (χ3n) is 3.21. The van der Waals surface area contributed by atoms with Gasteiger partial charge in [0.15, 0.2) is 6.33 Å². The van der Waals surface area contributed by atoms with E-state index >= 15 is 0 Å². The number of nitro groups is 1. The van der Waals surface area contributed by atoms with Crippen molar-refractivity contribution in [1.29, 1.82) is 0 Å². The molecule has 0 radical (unpaired) electrons.